The molecule has 0 aliphatic heterocycles. The van der Waals surface area contributed by atoms with Crippen molar-refractivity contribution in [3.8, 4) is 5.75 Å². The minimum absolute atomic E-state index is 0.0889. The van der Waals surface area contributed by atoms with Gasteiger partial charge in [-0.3, -0.25) is 4.79 Å². The van der Waals surface area contributed by atoms with Gasteiger partial charge in [-0.05, 0) is 31.2 Å². The van der Waals surface area contributed by atoms with Crippen LogP contribution < -0.4 is 10.1 Å². The molecule has 0 bridgehead atoms. The highest BCUT2D eigenvalue weighted by atomic mass is 35.5. The molecule has 0 aliphatic carbocycles. The number of carbonyl (C=O) groups is 1. The van der Waals surface area contributed by atoms with Crippen LogP contribution in [-0.2, 0) is 9.53 Å². The van der Waals surface area contributed by atoms with Crippen molar-refractivity contribution in [3.05, 3.63) is 53.6 Å². The third kappa shape index (κ3) is 5.74. The molecule has 1 atom stereocenters. The molecule has 2 rings (SSSR count). The number of hydrogen-bond donors (Lipinski definition) is 1. The molecule has 0 saturated carbocycles. The second-order valence-electron chi connectivity index (χ2n) is 5.05. The summed E-state index contributed by atoms with van der Waals surface area (Å²) in [5.74, 6) is 0.602. The third-order valence-electron chi connectivity index (χ3n) is 3.17. The Kier molecular flexibility index (Phi) is 7.43. The summed E-state index contributed by atoms with van der Waals surface area (Å²) in [6.07, 6.45) is 0. The van der Waals surface area contributed by atoms with Gasteiger partial charge in [0.2, 0.25) is 5.91 Å². The fourth-order valence-electron chi connectivity index (χ4n) is 1.93. The Morgan fingerprint density at radius 2 is 2.00 bits per heavy atom. The highest BCUT2D eigenvalue weighted by Gasteiger charge is 2.16. The Balaban J connectivity index is 1.93. The van der Waals surface area contributed by atoms with E-state index in [1.54, 1.807) is 13.2 Å². The maximum Gasteiger partial charge on any atom is 0.237 e. The Labute approximate surface area is 151 Å². The molecule has 128 valence electrons. The summed E-state index contributed by atoms with van der Waals surface area (Å²) in [5.41, 5.74) is 0.696. The number of rotatable bonds is 8. The highest BCUT2D eigenvalue weighted by molar-refractivity contribution is 8.00. The summed E-state index contributed by atoms with van der Waals surface area (Å²) < 4.78 is 10.5. The van der Waals surface area contributed by atoms with Gasteiger partial charge in [-0.15, -0.1) is 11.8 Å². The van der Waals surface area contributed by atoms with Gasteiger partial charge in [0.1, 0.15) is 12.4 Å². The number of ether oxygens (including phenoxy) is 2. The van der Waals surface area contributed by atoms with E-state index in [2.05, 4.69) is 5.32 Å². The number of carbonyl (C=O) groups excluding carboxylic acids is 1. The van der Waals surface area contributed by atoms with Crippen LogP contribution in [0.4, 0.5) is 5.69 Å². The van der Waals surface area contributed by atoms with Crippen LogP contribution in [0.5, 0.6) is 5.75 Å². The van der Waals surface area contributed by atoms with Crippen LogP contribution in [-0.4, -0.2) is 31.5 Å². The van der Waals surface area contributed by atoms with Crippen molar-refractivity contribution in [3.63, 3.8) is 0 Å². The van der Waals surface area contributed by atoms with E-state index in [4.69, 9.17) is 21.1 Å². The molecular formula is C18H20ClNO3S. The van der Waals surface area contributed by atoms with E-state index < -0.39 is 0 Å². The van der Waals surface area contributed by atoms with Crippen LogP contribution in [0.25, 0.3) is 0 Å². The van der Waals surface area contributed by atoms with Crippen LogP contribution in [0, 0.1) is 0 Å². The molecule has 0 spiro atoms. The fourth-order valence-corrected chi connectivity index (χ4v) is 3.09. The van der Waals surface area contributed by atoms with Gasteiger partial charge >= 0.3 is 0 Å². The van der Waals surface area contributed by atoms with E-state index in [0.29, 0.717) is 29.7 Å². The molecular weight excluding hydrogens is 346 g/mol. The van der Waals surface area contributed by atoms with Crippen molar-refractivity contribution in [1.82, 2.24) is 0 Å². The minimum Gasteiger partial charge on any atom is -0.491 e. The number of halogens is 1. The zero-order valence-electron chi connectivity index (χ0n) is 13.6. The number of nitrogens with one attached hydrogen (secondary N) is 1. The van der Waals surface area contributed by atoms with Crippen molar-refractivity contribution in [2.45, 2.75) is 17.1 Å². The second-order valence-corrected chi connectivity index (χ2v) is 6.84. The van der Waals surface area contributed by atoms with Crippen LogP contribution in [0.15, 0.2) is 53.4 Å². The van der Waals surface area contributed by atoms with Crippen molar-refractivity contribution in [2.75, 3.05) is 25.6 Å². The van der Waals surface area contributed by atoms with E-state index in [9.17, 15) is 4.79 Å². The summed E-state index contributed by atoms with van der Waals surface area (Å²) in [6, 6.07) is 14.8. The van der Waals surface area contributed by atoms with E-state index in [0.717, 1.165) is 4.90 Å². The number of benzene rings is 2. The predicted octanol–water partition coefficient (Wildman–Crippen LogP) is 4.48. The molecule has 24 heavy (non-hydrogen) atoms. The van der Waals surface area contributed by atoms with Crippen LogP contribution in [0.3, 0.4) is 0 Å². The lowest BCUT2D eigenvalue weighted by Gasteiger charge is -2.13. The Hall–Kier alpha value is -1.69. The summed E-state index contributed by atoms with van der Waals surface area (Å²) in [6.45, 7) is 2.83. The van der Waals surface area contributed by atoms with E-state index >= 15 is 0 Å². The molecule has 1 unspecified atom stereocenters. The maximum atomic E-state index is 12.4. The fraction of sp³-hybridized carbons (Fsp3) is 0.278. The van der Waals surface area contributed by atoms with Gasteiger partial charge in [-0.2, -0.15) is 0 Å². The first-order valence-corrected chi connectivity index (χ1v) is 8.80. The molecule has 0 fully saturated rings. The first-order chi connectivity index (χ1) is 11.6. The van der Waals surface area contributed by atoms with Gasteiger partial charge in [-0.25, -0.2) is 0 Å². The normalized spacial score (nSPS) is 11.8. The topological polar surface area (TPSA) is 47.6 Å². The van der Waals surface area contributed by atoms with Crippen molar-refractivity contribution >= 4 is 35.0 Å². The first kappa shape index (κ1) is 18.6. The van der Waals surface area contributed by atoms with E-state index in [1.165, 1.54) is 11.8 Å². The molecule has 1 N–H and O–H groups in total. The lowest BCUT2D eigenvalue weighted by molar-refractivity contribution is -0.115. The lowest BCUT2D eigenvalue weighted by Crippen LogP contribution is -2.22. The maximum absolute atomic E-state index is 12.4. The Morgan fingerprint density at radius 3 is 2.75 bits per heavy atom. The lowest BCUT2D eigenvalue weighted by atomic mass is 10.3. The molecule has 0 aromatic heterocycles. The predicted molar refractivity (Wildman–Crippen MR) is 99.2 cm³/mol. The molecule has 6 heteroatoms. The molecule has 2 aromatic carbocycles. The molecule has 1 amide bonds. The summed E-state index contributed by atoms with van der Waals surface area (Å²) >= 11 is 7.56. The number of thioether (sulfide) groups is 1. The monoisotopic (exact) mass is 365 g/mol. The number of hydrogen-bond acceptors (Lipinski definition) is 4. The number of anilines is 1. The van der Waals surface area contributed by atoms with Gasteiger partial charge in [0.25, 0.3) is 0 Å². The van der Waals surface area contributed by atoms with Gasteiger partial charge in [0, 0.05) is 23.8 Å². The molecule has 0 saturated heterocycles. The second kappa shape index (κ2) is 9.57. The van der Waals surface area contributed by atoms with Crippen LogP contribution in [0.1, 0.15) is 6.92 Å². The largest absolute Gasteiger partial charge is 0.491 e. The van der Waals surface area contributed by atoms with Crippen LogP contribution in [0.2, 0.25) is 5.02 Å². The van der Waals surface area contributed by atoms with E-state index in [1.807, 2.05) is 49.4 Å². The van der Waals surface area contributed by atoms with Gasteiger partial charge in [0.05, 0.1) is 16.9 Å². The zero-order valence-corrected chi connectivity index (χ0v) is 15.2. The molecule has 0 aliphatic rings. The highest BCUT2D eigenvalue weighted by Crippen LogP contribution is 2.30. The average Bonchev–Trinajstić information content (AvgIpc) is 2.57. The summed E-state index contributed by atoms with van der Waals surface area (Å²) in [5, 5.41) is 3.27. The van der Waals surface area contributed by atoms with Crippen molar-refractivity contribution in [2.24, 2.45) is 0 Å². The molecule has 2 aromatic rings. The van der Waals surface area contributed by atoms with Gasteiger partial charge < -0.3 is 14.8 Å². The standard InChI is InChI=1S/C18H20ClNO3S/c1-13(24-17-9-4-3-8-16(17)19)18(21)20-14-6-5-7-15(12-14)23-11-10-22-2/h3-9,12-13H,10-11H2,1-2H3,(H,20,21). The first-order valence-electron chi connectivity index (χ1n) is 7.54. The smallest absolute Gasteiger partial charge is 0.237 e. The molecule has 0 heterocycles. The molecule has 4 nitrogen and oxygen atoms in total. The SMILES string of the molecule is COCCOc1cccc(NC(=O)C(C)Sc2ccccc2Cl)c1. The minimum atomic E-state index is -0.275. The Morgan fingerprint density at radius 1 is 1.21 bits per heavy atom. The third-order valence-corrected chi connectivity index (χ3v) is 4.79. The molecule has 0 radical (unpaired) electrons. The number of methoxy groups -OCH3 is 1. The van der Waals surface area contributed by atoms with Gasteiger partial charge in [0.15, 0.2) is 0 Å². The van der Waals surface area contributed by atoms with Crippen molar-refractivity contribution < 1.29 is 14.3 Å². The quantitative estimate of drug-likeness (QED) is 0.553. The Bertz CT molecular complexity index is 681. The summed E-state index contributed by atoms with van der Waals surface area (Å²) in [4.78, 5) is 13.3. The number of amides is 1. The zero-order chi connectivity index (χ0) is 17.4. The average molecular weight is 366 g/mol. The van der Waals surface area contributed by atoms with E-state index in [-0.39, 0.29) is 11.2 Å². The van der Waals surface area contributed by atoms with Gasteiger partial charge in [-0.1, -0.05) is 29.8 Å². The van der Waals surface area contributed by atoms with Crippen molar-refractivity contribution in [1.29, 1.82) is 0 Å². The summed E-state index contributed by atoms with van der Waals surface area (Å²) in [7, 11) is 1.62. The van der Waals surface area contributed by atoms with Crippen LogP contribution >= 0.6 is 23.4 Å².